The van der Waals surface area contributed by atoms with Crippen molar-refractivity contribution >= 4 is 11.2 Å². The minimum atomic E-state index is 0.578. The monoisotopic (exact) mass is 266 g/mol. The molecule has 102 valence electrons. The van der Waals surface area contributed by atoms with Crippen LogP contribution in [0.5, 0.6) is 0 Å². The molecule has 0 unspecified atom stereocenters. The number of aryl methyl sites for hydroxylation is 2. The fraction of sp³-hybridized carbons (Fsp3) is 0.250. The van der Waals surface area contributed by atoms with Gasteiger partial charge in [0, 0.05) is 18.3 Å². The summed E-state index contributed by atoms with van der Waals surface area (Å²) in [4.78, 5) is 9.12. The topological polar surface area (TPSA) is 56.7 Å². The van der Waals surface area contributed by atoms with E-state index in [2.05, 4.69) is 46.6 Å². The van der Waals surface area contributed by atoms with Gasteiger partial charge in [0.1, 0.15) is 11.3 Å². The molecule has 0 radical (unpaired) electrons. The van der Waals surface area contributed by atoms with Gasteiger partial charge in [0.15, 0.2) is 5.65 Å². The van der Waals surface area contributed by atoms with Crippen LogP contribution in [0.4, 0.5) is 0 Å². The standard InChI is InChI=1S/C16H18N4/c1-11-5-6-13(10-12(11)2)20-15(7-8-17)19-14-4-3-9-18-16(14)20/h3-6,9-10H,7-8,17H2,1-2H3. The van der Waals surface area contributed by atoms with Gasteiger partial charge in [0.05, 0.1) is 0 Å². The zero-order valence-electron chi connectivity index (χ0n) is 11.8. The van der Waals surface area contributed by atoms with E-state index in [4.69, 9.17) is 5.73 Å². The minimum Gasteiger partial charge on any atom is -0.330 e. The molecule has 0 spiro atoms. The normalized spacial score (nSPS) is 11.2. The van der Waals surface area contributed by atoms with Gasteiger partial charge in [-0.3, -0.25) is 4.57 Å². The Morgan fingerprint density at radius 2 is 2.00 bits per heavy atom. The van der Waals surface area contributed by atoms with Gasteiger partial charge in [-0.05, 0) is 55.8 Å². The Labute approximate surface area is 118 Å². The first-order chi connectivity index (χ1) is 9.70. The fourth-order valence-electron chi connectivity index (χ4n) is 2.39. The van der Waals surface area contributed by atoms with Crippen LogP contribution in [0.3, 0.4) is 0 Å². The molecule has 20 heavy (non-hydrogen) atoms. The summed E-state index contributed by atoms with van der Waals surface area (Å²) in [6, 6.07) is 10.3. The van der Waals surface area contributed by atoms with Crippen LogP contribution in [0, 0.1) is 13.8 Å². The number of fused-ring (bicyclic) bond motifs is 1. The lowest BCUT2D eigenvalue weighted by Crippen LogP contribution is -2.09. The number of hydrogen-bond acceptors (Lipinski definition) is 3. The van der Waals surface area contributed by atoms with Crippen molar-refractivity contribution in [3.63, 3.8) is 0 Å². The van der Waals surface area contributed by atoms with Crippen LogP contribution in [0.1, 0.15) is 17.0 Å². The highest BCUT2D eigenvalue weighted by Crippen LogP contribution is 2.22. The summed E-state index contributed by atoms with van der Waals surface area (Å²) in [6.45, 7) is 4.81. The van der Waals surface area contributed by atoms with E-state index in [1.54, 1.807) is 6.20 Å². The highest BCUT2D eigenvalue weighted by molar-refractivity contribution is 5.74. The molecule has 3 rings (SSSR count). The maximum Gasteiger partial charge on any atom is 0.164 e. The summed E-state index contributed by atoms with van der Waals surface area (Å²) in [5.41, 5.74) is 11.2. The predicted octanol–water partition coefficient (Wildman–Crippen LogP) is 2.54. The van der Waals surface area contributed by atoms with Crippen molar-refractivity contribution in [1.82, 2.24) is 14.5 Å². The van der Waals surface area contributed by atoms with Gasteiger partial charge in [-0.2, -0.15) is 0 Å². The van der Waals surface area contributed by atoms with Crippen molar-refractivity contribution in [2.24, 2.45) is 5.73 Å². The summed E-state index contributed by atoms with van der Waals surface area (Å²) in [7, 11) is 0. The van der Waals surface area contributed by atoms with Crippen molar-refractivity contribution in [2.75, 3.05) is 6.54 Å². The van der Waals surface area contributed by atoms with Crippen LogP contribution in [0.25, 0.3) is 16.9 Å². The Morgan fingerprint density at radius 1 is 1.15 bits per heavy atom. The first kappa shape index (κ1) is 12.8. The fourth-order valence-corrected chi connectivity index (χ4v) is 2.39. The lowest BCUT2D eigenvalue weighted by molar-refractivity contribution is 0.844. The number of rotatable bonds is 3. The van der Waals surface area contributed by atoms with Crippen molar-refractivity contribution in [2.45, 2.75) is 20.3 Å². The molecule has 0 aliphatic rings. The molecule has 0 atom stereocenters. The second-order valence-electron chi connectivity index (χ2n) is 5.02. The van der Waals surface area contributed by atoms with E-state index in [0.717, 1.165) is 29.1 Å². The highest BCUT2D eigenvalue weighted by Gasteiger charge is 2.12. The lowest BCUT2D eigenvalue weighted by Gasteiger charge is -2.10. The van der Waals surface area contributed by atoms with Crippen LogP contribution in [0.2, 0.25) is 0 Å². The first-order valence-corrected chi connectivity index (χ1v) is 6.81. The number of aromatic nitrogens is 3. The SMILES string of the molecule is Cc1ccc(-n2c(CCN)nc3cccnc32)cc1C. The highest BCUT2D eigenvalue weighted by atomic mass is 15.1. The van der Waals surface area contributed by atoms with E-state index in [1.165, 1.54) is 11.1 Å². The molecule has 2 N–H and O–H groups in total. The number of pyridine rings is 1. The average molecular weight is 266 g/mol. The quantitative estimate of drug-likeness (QED) is 0.792. The van der Waals surface area contributed by atoms with Crippen LogP contribution >= 0.6 is 0 Å². The molecule has 0 bridgehead atoms. The molecular weight excluding hydrogens is 248 g/mol. The Kier molecular flexibility index (Phi) is 3.24. The summed E-state index contributed by atoms with van der Waals surface area (Å²) in [5.74, 6) is 0.962. The zero-order chi connectivity index (χ0) is 14.1. The summed E-state index contributed by atoms with van der Waals surface area (Å²) in [6.07, 6.45) is 2.54. The third kappa shape index (κ3) is 2.08. The van der Waals surface area contributed by atoms with E-state index >= 15 is 0 Å². The van der Waals surface area contributed by atoms with E-state index in [-0.39, 0.29) is 0 Å². The molecule has 0 amide bonds. The van der Waals surface area contributed by atoms with Crippen LogP contribution in [-0.2, 0) is 6.42 Å². The molecular formula is C16H18N4. The Hall–Kier alpha value is -2.20. The molecule has 1 aromatic carbocycles. The van der Waals surface area contributed by atoms with E-state index in [1.807, 2.05) is 12.1 Å². The number of hydrogen-bond donors (Lipinski definition) is 1. The molecule has 4 nitrogen and oxygen atoms in total. The molecule has 3 aromatic rings. The second-order valence-corrected chi connectivity index (χ2v) is 5.02. The number of benzene rings is 1. The minimum absolute atomic E-state index is 0.578. The van der Waals surface area contributed by atoms with Gasteiger partial charge >= 0.3 is 0 Å². The summed E-state index contributed by atoms with van der Waals surface area (Å²) < 4.78 is 2.11. The summed E-state index contributed by atoms with van der Waals surface area (Å²) in [5, 5.41) is 0. The van der Waals surface area contributed by atoms with Crippen molar-refractivity contribution in [1.29, 1.82) is 0 Å². The first-order valence-electron chi connectivity index (χ1n) is 6.81. The third-order valence-electron chi connectivity index (χ3n) is 3.60. The van der Waals surface area contributed by atoms with E-state index in [9.17, 15) is 0 Å². The molecule has 0 aliphatic heterocycles. The predicted molar refractivity (Wildman–Crippen MR) is 81.1 cm³/mol. The zero-order valence-corrected chi connectivity index (χ0v) is 11.8. The molecule has 2 heterocycles. The molecule has 2 aromatic heterocycles. The molecule has 0 saturated carbocycles. The molecule has 0 saturated heterocycles. The number of nitrogens with zero attached hydrogens (tertiary/aromatic N) is 3. The van der Waals surface area contributed by atoms with E-state index in [0.29, 0.717) is 6.54 Å². The van der Waals surface area contributed by atoms with Crippen molar-refractivity contribution in [3.05, 3.63) is 53.5 Å². The second kappa shape index (κ2) is 5.06. The summed E-state index contributed by atoms with van der Waals surface area (Å²) >= 11 is 0. The Morgan fingerprint density at radius 3 is 2.75 bits per heavy atom. The Balaban J connectivity index is 2.26. The molecule has 0 fully saturated rings. The molecule has 4 heteroatoms. The van der Waals surface area contributed by atoms with Crippen molar-refractivity contribution in [3.8, 4) is 5.69 Å². The number of nitrogens with two attached hydrogens (primary N) is 1. The van der Waals surface area contributed by atoms with Crippen LogP contribution in [-0.4, -0.2) is 21.1 Å². The van der Waals surface area contributed by atoms with Crippen LogP contribution in [0.15, 0.2) is 36.5 Å². The van der Waals surface area contributed by atoms with Gasteiger partial charge in [-0.1, -0.05) is 6.07 Å². The van der Waals surface area contributed by atoms with E-state index < -0.39 is 0 Å². The maximum absolute atomic E-state index is 5.71. The maximum atomic E-state index is 5.71. The largest absolute Gasteiger partial charge is 0.330 e. The van der Waals surface area contributed by atoms with Gasteiger partial charge < -0.3 is 5.73 Å². The smallest absolute Gasteiger partial charge is 0.164 e. The Bertz CT molecular complexity index is 758. The van der Waals surface area contributed by atoms with Gasteiger partial charge in [0.2, 0.25) is 0 Å². The van der Waals surface area contributed by atoms with Gasteiger partial charge in [-0.25, -0.2) is 9.97 Å². The third-order valence-corrected chi connectivity index (χ3v) is 3.60. The lowest BCUT2D eigenvalue weighted by atomic mass is 10.1. The number of imidazole rings is 1. The van der Waals surface area contributed by atoms with Gasteiger partial charge in [-0.15, -0.1) is 0 Å². The van der Waals surface area contributed by atoms with Crippen molar-refractivity contribution < 1.29 is 0 Å². The molecule has 0 aliphatic carbocycles. The average Bonchev–Trinajstić information content (AvgIpc) is 2.80. The van der Waals surface area contributed by atoms with Gasteiger partial charge in [0.25, 0.3) is 0 Å². The van der Waals surface area contributed by atoms with Crippen LogP contribution < -0.4 is 5.73 Å².